The monoisotopic (exact) mass is 879 g/mol. The summed E-state index contributed by atoms with van der Waals surface area (Å²) in [5.74, 6) is 0.820. The third kappa shape index (κ3) is 10.5. The zero-order valence-electron chi connectivity index (χ0n) is 34.1. The van der Waals surface area contributed by atoms with Gasteiger partial charge in [0, 0.05) is 73.6 Å². The molecule has 0 aliphatic carbocycles. The highest BCUT2D eigenvalue weighted by Gasteiger charge is 2.31. The number of likely N-dealkylation sites (N-methyl/N-ethyl adjacent to an activating group) is 1. The molecule has 0 bridgehead atoms. The van der Waals surface area contributed by atoms with Crippen LogP contribution in [0.15, 0.2) is 73.3 Å². The summed E-state index contributed by atoms with van der Waals surface area (Å²) in [6, 6.07) is 15.8. The summed E-state index contributed by atoms with van der Waals surface area (Å²) in [5.41, 5.74) is 3.78. The molecular weight excluding hydrogens is 835 g/mol. The Bertz CT molecular complexity index is 2440. The van der Waals surface area contributed by atoms with Gasteiger partial charge in [-0.25, -0.2) is 19.7 Å². The van der Waals surface area contributed by atoms with Gasteiger partial charge in [-0.15, -0.1) is 11.3 Å². The summed E-state index contributed by atoms with van der Waals surface area (Å²) in [4.78, 5) is 33.4. The summed E-state index contributed by atoms with van der Waals surface area (Å²) in [7, 11) is 3.67. The smallest absolute Gasteiger partial charge is 0.408 e. The number of hydrogen-bond donors (Lipinski definition) is 0. The molecule has 0 radical (unpaired) electrons. The molecule has 0 unspecified atom stereocenters. The number of alkyl halides is 3. The molecule has 322 valence electrons. The van der Waals surface area contributed by atoms with Gasteiger partial charge in [-0.1, -0.05) is 35.9 Å². The Kier molecular flexibility index (Phi) is 13.9. The van der Waals surface area contributed by atoms with Gasteiger partial charge >= 0.3 is 12.1 Å². The van der Waals surface area contributed by atoms with E-state index >= 15 is 0 Å². The molecule has 0 spiro atoms. The highest BCUT2D eigenvalue weighted by Crippen LogP contribution is 2.49. The SMILES string of the molecule is CCOC(=O)[C@@H](Cc1ccccc1OCc1ccnn1CC(F)(F)F)Oc1ncnc2sc(-c3ccc(OC)nc3)c(-c3ccc(OCCN4CCN(C)CC4)c(Cl)c3C)c12. The second-order valence-electron chi connectivity index (χ2n) is 14.4. The minimum atomic E-state index is -4.46. The molecule has 0 saturated carbocycles. The van der Waals surface area contributed by atoms with Crippen LogP contribution in [-0.4, -0.2) is 113 Å². The Labute approximate surface area is 359 Å². The van der Waals surface area contributed by atoms with Crippen molar-refractivity contribution in [2.24, 2.45) is 0 Å². The number of methoxy groups -OCH3 is 1. The summed E-state index contributed by atoms with van der Waals surface area (Å²) in [6.45, 7) is 7.47. The average Bonchev–Trinajstić information content (AvgIpc) is 3.86. The fourth-order valence-electron chi connectivity index (χ4n) is 6.99. The quantitative estimate of drug-likeness (QED) is 0.0827. The minimum Gasteiger partial charge on any atom is -0.491 e. The second-order valence-corrected chi connectivity index (χ2v) is 15.7. The van der Waals surface area contributed by atoms with E-state index in [4.69, 9.17) is 35.3 Å². The molecule has 1 atom stereocenters. The number of fused-ring (bicyclic) bond motifs is 1. The first-order valence-corrected chi connectivity index (χ1v) is 20.8. The molecule has 61 heavy (non-hydrogen) atoms. The average molecular weight is 880 g/mol. The van der Waals surface area contributed by atoms with E-state index in [2.05, 4.69) is 36.9 Å². The number of halogens is 4. The lowest BCUT2D eigenvalue weighted by atomic mass is 9.96. The maximum Gasteiger partial charge on any atom is 0.408 e. The van der Waals surface area contributed by atoms with E-state index in [0.717, 1.165) is 59.0 Å². The Morgan fingerprint density at radius 1 is 0.984 bits per heavy atom. The zero-order chi connectivity index (χ0) is 43.1. The van der Waals surface area contributed by atoms with Crippen molar-refractivity contribution in [2.75, 3.05) is 60.1 Å². The number of esters is 1. The van der Waals surface area contributed by atoms with E-state index in [-0.39, 0.29) is 31.2 Å². The van der Waals surface area contributed by atoms with Gasteiger partial charge in [-0.05, 0) is 61.9 Å². The molecule has 5 heterocycles. The van der Waals surface area contributed by atoms with E-state index < -0.39 is 24.8 Å². The molecule has 0 N–H and O–H groups in total. The molecule has 18 heteroatoms. The summed E-state index contributed by atoms with van der Waals surface area (Å²) in [6.07, 6.45) is -1.35. The van der Waals surface area contributed by atoms with Crippen molar-refractivity contribution in [1.29, 1.82) is 0 Å². The van der Waals surface area contributed by atoms with Gasteiger partial charge in [-0.2, -0.15) is 18.3 Å². The molecule has 1 aliphatic rings. The number of ether oxygens (including phenoxy) is 5. The van der Waals surface area contributed by atoms with Gasteiger partial charge in [-0.3, -0.25) is 9.58 Å². The van der Waals surface area contributed by atoms with Crippen molar-refractivity contribution < 1.29 is 41.7 Å². The molecule has 2 aromatic carbocycles. The number of benzene rings is 2. The lowest BCUT2D eigenvalue weighted by Gasteiger charge is -2.32. The van der Waals surface area contributed by atoms with Crippen LogP contribution in [0.1, 0.15) is 23.7 Å². The lowest BCUT2D eigenvalue weighted by molar-refractivity contribution is -0.151. The van der Waals surface area contributed by atoms with Gasteiger partial charge in [0.1, 0.15) is 42.4 Å². The molecule has 6 aromatic rings. The molecule has 4 aromatic heterocycles. The first kappa shape index (κ1) is 43.6. The van der Waals surface area contributed by atoms with E-state index in [9.17, 15) is 18.0 Å². The van der Waals surface area contributed by atoms with Crippen molar-refractivity contribution in [3.8, 4) is 44.8 Å². The number of aromatic nitrogens is 5. The summed E-state index contributed by atoms with van der Waals surface area (Å²) in [5, 5.41) is 4.80. The molecule has 13 nitrogen and oxygen atoms in total. The highest BCUT2D eigenvalue weighted by atomic mass is 35.5. The molecule has 7 rings (SSSR count). The normalized spacial score (nSPS) is 14.2. The number of thiophene rings is 1. The summed E-state index contributed by atoms with van der Waals surface area (Å²) >= 11 is 8.49. The van der Waals surface area contributed by atoms with Gasteiger partial charge in [0.2, 0.25) is 17.9 Å². The van der Waals surface area contributed by atoms with E-state index in [1.165, 1.54) is 29.9 Å². The standard InChI is InChI=1S/C43H45ClF3N7O6S/c1-5-57-42(55)34(22-28-8-6-7-9-32(28)59-24-30-14-15-51-54(30)25-43(45,46)47)60-40-37-36(39(61-41(37)50-26-49-40)29-10-13-35(56-4)48-23-29)31-11-12-33(38(44)27(31)2)58-21-20-53-18-16-52(3)17-19-53/h6-15,23,26,34H,5,16-22,24-25H2,1-4H3/t34-/m1/s1. The van der Waals surface area contributed by atoms with Crippen molar-refractivity contribution in [3.05, 3.63) is 95.2 Å². The molecule has 1 saturated heterocycles. The maximum absolute atomic E-state index is 13.7. The Morgan fingerprint density at radius 2 is 1.79 bits per heavy atom. The van der Waals surface area contributed by atoms with E-state index in [1.807, 2.05) is 25.1 Å². The van der Waals surface area contributed by atoms with Gasteiger partial charge in [0.05, 0.1) is 29.8 Å². The molecule has 1 aliphatic heterocycles. The fraction of sp³-hybridized carbons (Fsp3) is 0.372. The Morgan fingerprint density at radius 3 is 2.52 bits per heavy atom. The predicted molar refractivity (Wildman–Crippen MR) is 226 cm³/mol. The van der Waals surface area contributed by atoms with Crippen LogP contribution in [0, 0.1) is 6.92 Å². The van der Waals surface area contributed by atoms with Crippen LogP contribution in [0.3, 0.4) is 0 Å². The topological polar surface area (TPSA) is 126 Å². The number of carbonyl (C=O) groups excluding carboxylic acids is 1. The van der Waals surface area contributed by atoms with Crippen LogP contribution in [0.5, 0.6) is 23.3 Å². The van der Waals surface area contributed by atoms with Crippen LogP contribution in [0.4, 0.5) is 13.2 Å². The second kappa shape index (κ2) is 19.5. The van der Waals surface area contributed by atoms with Gasteiger partial charge < -0.3 is 28.6 Å². The number of para-hydroxylation sites is 1. The van der Waals surface area contributed by atoms with Crippen molar-refractivity contribution in [3.63, 3.8) is 0 Å². The third-order valence-electron chi connectivity index (χ3n) is 10.2. The predicted octanol–water partition coefficient (Wildman–Crippen LogP) is 7.91. The number of nitrogens with zero attached hydrogens (tertiary/aromatic N) is 7. The molecule has 1 fully saturated rings. The lowest BCUT2D eigenvalue weighted by Crippen LogP contribution is -2.45. The minimum absolute atomic E-state index is 0.0257. The zero-order valence-corrected chi connectivity index (χ0v) is 35.6. The number of carbonyl (C=O) groups is 1. The van der Waals surface area contributed by atoms with E-state index in [0.29, 0.717) is 50.4 Å². The number of hydrogen-bond acceptors (Lipinski definition) is 13. The van der Waals surface area contributed by atoms with Gasteiger partial charge in [0.25, 0.3) is 0 Å². The summed E-state index contributed by atoms with van der Waals surface area (Å²) < 4.78 is 70.1. The number of rotatable bonds is 17. The van der Waals surface area contributed by atoms with Crippen LogP contribution in [0.25, 0.3) is 31.8 Å². The van der Waals surface area contributed by atoms with Gasteiger partial charge in [0.15, 0.2) is 0 Å². The largest absolute Gasteiger partial charge is 0.491 e. The molecular formula is C43H45ClF3N7O6S. The van der Waals surface area contributed by atoms with Crippen molar-refractivity contribution in [1.82, 2.24) is 34.5 Å². The van der Waals surface area contributed by atoms with E-state index in [1.54, 1.807) is 50.6 Å². The van der Waals surface area contributed by atoms with Crippen molar-refractivity contribution in [2.45, 2.75) is 45.7 Å². The third-order valence-corrected chi connectivity index (χ3v) is 11.8. The van der Waals surface area contributed by atoms with Crippen LogP contribution < -0.4 is 18.9 Å². The maximum atomic E-state index is 13.7. The number of pyridine rings is 1. The first-order valence-electron chi connectivity index (χ1n) is 19.6. The number of piperazine rings is 1. The van der Waals surface area contributed by atoms with Crippen LogP contribution in [-0.2, 0) is 29.1 Å². The highest BCUT2D eigenvalue weighted by molar-refractivity contribution is 7.22. The Balaban J connectivity index is 1.23. The van der Waals surface area contributed by atoms with Crippen LogP contribution >= 0.6 is 22.9 Å². The first-order chi connectivity index (χ1) is 29.4. The molecule has 0 amide bonds. The van der Waals surface area contributed by atoms with Crippen molar-refractivity contribution >= 4 is 39.1 Å². The van der Waals surface area contributed by atoms with Crippen LogP contribution in [0.2, 0.25) is 5.02 Å². The fourth-order valence-corrected chi connectivity index (χ4v) is 8.35. The Hall–Kier alpha value is -5.49.